The van der Waals surface area contributed by atoms with Crippen LogP contribution in [0.3, 0.4) is 0 Å². The van der Waals surface area contributed by atoms with Gasteiger partial charge in [-0.3, -0.25) is 4.79 Å². The minimum Gasteiger partial charge on any atom is -0.493 e. The number of rotatable bonds is 5. The molecular weight excluding hydrogens is 232 g/mol. The van der Waals surface area contributed by atoms with Crippen LogP contribution in [0.5, 0.6) is 11.5 Å². The highest BCUT2D eigenvalue weighted by atomic mass is 19.3. The van der Waals surface area contributed by atoms with E-state index in [0.717, 1.165) is 0 Å². The highest BCUT2D eigenvalue weighted by Gasteiger charge is 2.14. The molecule has 0 aliphatic carbocycles. The lowest BCUT2D eigenvalue weighted by molar-refractivity contribution is -0.131. The molecule has 0 aromatic heterocycles. The summed E-state index contributed by atoms with van der Waals surface area (Å²) in [4.78, 5) is 10.7. The van der Waals surface area contributed by atoms with Crippen molar-refractivity contribution in [3.63, 3.8) is 0 Å². The van der Waals surface area contributed by atoms with Crippen molar-refractivity contribution in [2.75, 3.05) is 14.2 Å². The second kappa shape index (κ2) is 6.03. The van der Waals surface area contributed by atoms with E-state index in [0.29, 0.717) is 17.1 Å². The predicted octanol–water partition coefficient (Wildman–Crippen LogP) is 1.59. The second-order valence-electron chi connectivity index (χ2n) is 3.21. The van der Waals surface area contributed by atoms with Crippen molar-refractivity contribution in [2.24, 2.45) is 0 Å². The molecule has 1 amide bonds. The molecule has 1 aromatic carbocycles. The molecule has 0 heterocycles. The average Bonchev–Trinajstić information content (AvgIpc) is 2.35. The summed E-state index contributed by atoms with van der Waals surface area (Å²) in [5.74, 6) is -0.271. The molecule has 1 aromatic rings. The normalized spacial score (nSPS) is 10.2. The van der Waals surface area contributed by atoms with E-state index >= 15 is 0 Å². The van der Waals surface area contributed by atoms with Crippen molar-refractivity contribution in [3.05, 3.63) is 23.8 Å². The molecule has 1 rings (SSSR count). The standard InChI is InChI=1S/C11H13F2NO3/c1-16-8-4-3-7(5-9(8)17-2)6-14-11(15)10(12)13/h3-5,10H,6H2,1-2H3,(H,14,15). The molecule has 0 saturated heterocycles. The third kappa shape index (κ3) is 3.58. The molecule has 4 nitrogen and oxygen atoms in total. The van der Waals surface area contributed by atoms with E-state index in [-0.39, 0.29) is 6.54 Å². The number of methoxy groups -OCH3 is 2. The molecule has 0 aliphatic rings. The summed E-state index contributed by atoms with van der Waals surface area (Å²) < 4.78 is 33.9. The second-order valence-corrected chi connectivity index (χ2v) is 3.21. The number of carbonyl (C=O) groups excluding carboxylic acids is 1. The Hall–Kier alpha value is -1.85. The van der Waals surface area contributed by atoms with Gasteiger partial charge >= 0.3 is 6.43 Å². The zero-order valence-electron chi connectivity index (χ0n) is 9.50. The minimum atomic E-state index is -3.00. The van der Waals surface area contributed by atoms with Crippen molar-refractivity contribution in [2.45, 2.75) is 13.0 Å². The Balaban J connectivity index is 2.69. The number of alkyl halides is 2. The van der Waals surface area contributed by atoms with Crippen LogP contribution in [-0.4, -0.2) is 26.6 Å². The number of ether oxygens (including phenoxy) is 2. The highest BCUT2D eigenvalue weighted by Crippen LogP contribution is 2.27. The first-order valence-corrected chi connectivity index (χ1v) is 4.85. The lowest BCUT2D eigenvalue weighted by Gasteiger charge is -2.10. The van der Waals surface area contributed by atoms with Gasteiger partial charge in [0.25, 0.3) is 5.91 Å². The molecule has 0 atom stereocenters. The molecule has 6 heteroatoms. The van der Waals surface area contributed by atoms with Gasteiger partial charge in [-0.15, -0.1) is 0 Å². The average molecular weight is 245 g/mol. The van der Waals surface area contributed by atoms with Crippen LogP contribution >= 0.6 is 0 Å². The van der Waals surface area contributed by atoms with Crippen molar-refractivity contribution >= 4 is 5.91 Å². The van der Waals surface area contributed by atoms with Crippen LogP contribution in [0.25, 0.3) is 0 Å². The Kier molecular flexibility index (Phi) is 4.68. The van der Waals surface area contributed by atoms with Gasteiger partial charge in [0.2, 0.25) is 0 Å². The molecule has 1 N–H and O–H groups in total. The maximum absolute atomic E-state index is 11.9. The number of carbonyl (C=O) groups is 1. The molecule has 0 aliphatic heterocycles. The van der Waals surface area contributed by atoms with Crippen LogP contribution < -0.4 is 14.8 Å². The highest BCUT2D eigenvalue weighted by molar-refractivity contribution is 5.79. The van der Waals surface area contributed by atoms with Crippen molar-refractivity contribution in [1.29, 1.82) is 0 Å². The van der Waals surface area contributed by atoms with Crippen LogP contribution in [0.15, 0.2) is 18.2 Å². The van der Waals surface area contributed by atoms with E-state index in [1.165, 1.54) is 14.2 Å². The first kappa shape index (κ1) is 13.2. The third-order valence-electron chi connectivity index (χ3n) is 2.11. The number of nitrogens with one attached hydrogen (secondary N) is 1. The summed E-state index contributed by atoms with van der Waals surface area (Å²) in [6.45, 7) is 0.0174. The van der Waals surface area contributed by atoms with Gasteiger partial charge in [0, 0.05) is 6.54 Å². The van der Waals surface area contributed by atoms with Gasteiger partial charge in [0.05, 0.1) is 14.2 Å². The van der Waals surface area contributed by atoms with Gasteiger partial charge in [-0.05, 0) is 17.7 Å². The van der Waals surface area contributed by atoms with Gasteiger partial charge in [-0.1, -0.05) is 6.07 Å². The lowest BCUT2D eigenvalue weighted by Crippen LogP contribution is -2.28. The number of halogens is 2. The number of amides is 1. The molecule has 0 radical (unpaired) electrons. The molecule has 0 unspecified atom stereocenters. The molecule has 0 spiro atoms. The van der Waals surface area contributed by atoms with E-state index in [1.807, 2.05) is 0 Å². The van der Waals surface area contributed by atoms with E-state index in [9.17, 15) is 13.6 Å². The number of hydrogen-bond acceptors (Lipinski definition) is 3. The Bertz CT molecular complexity index is 396. The molecule has 17 heavy (non-hydrogen) atoms. The fourth-order valence-corrected chi connectivity index (χ4v) is 1.26. The quantitative estimate of drug-likeness (QED) is 0.856. The Morgan fingerprint density at radius 2 is 1.94 bits per heavy atom. The maximum atomic E-state index is 11.9. The molecule has 0 fully saturated rings. The number of benzene rings is 1. The Morgan fingerprint density at radius 3 is 2.47 bits per heavy atom. The molecule has 0 bridgehead atoms. The Labute approximate surface area is 97.5 Å². The summed E-state index contributed by atoms with van der Waals surface area (Å²) in [6, 6.07) is 4.92. The fourth-order valence-electron chi connectivity index (χ4n) is 1.26. The predicted molar refractivity (Wildman–Crippen MR) is 57.4 cm³/mol. The van der Waals surface area contributed by atoms with Gasteiger partial charge in [-0.2, -0.15) is 8.78 Å². The van der Waals surface area contributed by atoms with Crippen LogP contribution in [0, 0.1) is 0 Å². The smallest absolute Gasteiger partial charge is 0.315 e. The minimum absolute atomic E-state index is 0.0174. The summed E-state index contributed by atoms with van der Waals surface area (Å²) in [5.41, 5.74) is 0.650. The lowest BCUT2D eigenvalue weighted by atomic mass is 10.2. The summed E-state index contributed by atoms with van der Waals surface area (Å²) in [7, 11) is 2.97. The van der Waals surface area contributed by atoms with Gasteiger partial charge < -0.3 is 14.8 Å². The SMILES string of the molecule is COc1ccc(CNC(=O)C(F)F)cc1OC. The third-order valence-corrected chi connectivity index (χ3v) is 2.11. The summed E-state index contributed by atoms with van der Waals surface area (Å²) in [6.07, 6.45) is -3.00. The zero-order chi connectivity index (χ0) is 12.8. The molecule has 94 valence electrons. The van der Waals surface area contributed by atoms with Crippen LogP contribution in [0.4, 0.5) is 8.78 Å². The van der Waals surface area contributed by atoms with E-state index in [2.05, 4.69) is 5.32 Å². The molecule has 0 saturated carbocycles. The summed E-state index contributed by atoms with van der Waals surface area (Å²) >= 11 is 0. The Morgan fingerprint density at radius 1 is 1.29 bits per heavy atom. The van der Waals surface area contributed by atoms with Crippen molar-refractivity contribution in [1.82, 2.24) is 5.32 Å². The largest absolute Gasteiger partial charge is 0.493 e. The number of hydrogen-bond donors (Lipinski definition) is 1. The monoisotopic (exact) mass is 245 g/mol. The van der Waals surface area contributed by atoms with Gasteiger partial charge in [-0.25, -0.2) is 0 Å². The first-order chi connectivity index (χ1) is 8.08. The van der Waals surface area contributed by atoms with E-state index in [1.54, 1.807) is 18.2 Å². The topological polar surface area (TPSA) is 47.6 Å². The van der Waals surface area contributed by atoms with Crippen molar-refractivity contribution < 1.29 is 23.0 Å². The maximum Gasteiger partial charge on any atom is 0.315 e. The van der Waals surface area contributed by atoms with Gasteiger partial charge in [0.15, 0.2) is 11.5 Å². The van der Waals surface area contributed by atoms with Crippen LogP contribution in [0.2, 0.25) is 0 Å². The van der Waals surface area contributed by atoms with Crippen molar-refractivity contribution in [3.8, 4) is 11.5 Å². The molecular formula is C11H13F2NO3. The van der Waals surface area contributed by atoms with Gasteiger partial charge in [0.1, 0.15) is 0 Å². The van der Waals surface area contributed by atoms with Crippen LogP contribution in [-0.2, 0) is 11.3 Å². The fraction of sp³-hybridized carbons (Fsp3) is 0.364. The first-order valence-electron chi connectivity index (χ1n) is 4.85. The summed E-state index contributed by atoms with van der Waals surface area (Å²) in [5, 5.41) is 2.10. The zero-order valence-corrected chi connectivity index (χ0v) is 9.50. The van der Waals surface area contributed by atoms with E-state index < -0.39 is 12.3 Å². The van der Waals surface area contributed by atoms with E-state index in [4.69, 9.17) is 9.47 Å². The van der Waals surface area contributed by atoms with Crippen LogP contribution in [0.1, 0.15) is 5.56 Å².